The molecule has 1 aliphatic heterocycles. The second kappa shape index (κ2) is 7.33. The summed E-state index contributed by atoms with van der Waals surface area (Å²) in [5.41, 5.74) is 1.35. The van der Waals surface area contributed by atoms with E-state index in [1.807, 2.05) is 19.2 Å². The summed E-state index contributed by atoms with van der Waals surface area (Å²) in [6.07, 6.45) is 1.89. The van der Waals surface area contributed by atoms with Gasteiger partial charge in [-0.2, -0.15) is 5.10 Å². The molecule has 2 heterocycles. The molecule has 1 fully saturated rings. The number of hydrogen-bond acceptors (Lipinski definition) is 5. The Hall–Kier alpha value is -1.98. The Balaban J connectivity index is 1.54. The predicted octanol–water partition coefficient (Wildman–Crippen LogP) is 1.81. The lowest BCUT2D eigenvalue weighted by Crippen LogP contribution is -2.46. The predicted molar refractivity (Wildman–Crippen MR) is 86.8 cm³/mol. The van der Waals surface area contributed by atoms with Crippen molar-refractivity contribution in [3.05, 3.63) is 54.2 Å². The van der Waals surface area contributed by atoms with Gasteiger partial charge in [-0.15, -0.1) is 5.10 Å². The molecule has 0 radical (unpaired) electrons. The van der Waals surface area contributed by atoms with Crippen LogP contribution in [-0.2, 0) is 11.3 Å². The number of hydrogen-bond donors (Lipinski definition) is 0. The first-order chi connectivity index (χ1) is 10.8. The van der Waals surface area contributed by atoms with E-state index in [0.717, 1.165) is 38.6 Å². The van der Waals surface area contributed by atoms with Crippen LogP contribution in [-0.4, -0.2) is 54.5 Å². The first-order valence-electron chi connectivity index (χ1n) is 7.68. The Bertz CT molecular complexity index is 563. The zero-order valence-electron chi connectivity index (χ0n) is 12.9. The van der Waals surface area contributed by atoms with Crippen LogP contribution in [0.3, 0.4) is 0 Å². The second-order valence-corrected chi connectivity index (χ2v) is 5.68. The van der Waals surface area contributed by atoms with Crippen molar-refractivity contribution >= 4 is 5.82 Å². The van der Waals surface area contributed by atoms with Crippen molar-refractivity contribution < 1.29 is 4.74 Å². The highest BCUT2D eigenvalue weighted by Crippen LogP contribution is 2.13. The quantitative estimate of drug-likeness (QED) is 0.842. The zero-order chi connectivity index (χ0) is 15.2. The number of ether oxygens (including phenoxy) is 1. The molecule has 0 bridgehead atoms. The molecule has 0 amide bonds. The minimum Gasteiger partial charge on any atom is -0.374 e. The fourth-order valence-corrected chi connectivity index (χ4v) is 2.77. The SMILES string of the molecule is CN(C[C@H]1CN(Cc2ccccc2)CCO1)c1cccnn1. The molecule has 5 heteroatoms. The highest BCUT2D eigenvalue weighted by molar-refractivity contribution is 5.35. The van der Waals surface area contributed by atoms with Gasteiger partial charge >= 0.3 is 0 Å². The summed E-state index contributed by atoms with van der Waals surface area (Å²) in [7, 11) is 2.03. The third kappa shape index (κ3) is 4.02. The van der Waals surface area contributed by atoms with Crippen LogP contribution in [0.25, 0.3) is 0 Å². The lowest BCUT2D eigenvalue weighted by atomic mass is 10.2. The summed E-state index contributed by atoms with van der Waals surface area (Å²) < 4.78 is 5.91. The van der Waals surface area contributed by atoms with E-state index in [0.29, 0.717) is 0 Å². The van der Waals surface area contributed by atoms with Crippen molar-refractivity contribution in [3.63, 3.8) is 0 Å². The van der Waals surface area contributed by atoms with Crippen LogP contribution in [0, 0.1) is 0 Å². The third-order valence-corrected chi connectivity index (χ3v) is 3.90. The molecule has 0 unspecified atom stereocenters. The Kier molecular flexibility index (Phi) is 4.98. The van der Waals surface area contributed by atoms with E-state index in [1.165, 1.54) is 5.56 Å². The van der Waals surface area contributed by atoms with Crippen LogP contribution in [0.1, 0.15) is 5.56 Å². The van der Waals surface area contributed by atoms with E-state index < -0.39 is 0 Å². The molecule has 1 aromatic heterocycles. The molecule has 0 aliphatic carbocycles. The Morgan fingerprint density at radius 1 is 1.23 bits per heavy atom. The maximum absolute atomic E-state index is 5.91. The van der Waals surface area contributed by atoms with Gasteiger partial charge in [0.1, 0.15) is 0 Å². The normalized spacial score (nSPS) is 19.0. The molecule has 3 rings (SSSR count). The van der Waals surface area contributed by atoms with Crippen molar-refractivity contribution in [3.8, 4) is 0 Å². The smallest absolute Gasteiger partial charge is 0.151 e. The van der Waals surface area contributed by atoms with E-state index in [2.05, 4.69) is 50.3 Å². The maximum Gasteiger partial charge on any atom is 0.151 e. The minimum absolute atomic E-state index is 0.199. The van der Waals surface area contributed by atoms with Gasteiger partial charge in [0.15, 0.2) is 5.82 Å². The Morgan fingerprint density at radius 2 is 2.09 bits per heavy atom. The average molecular weight is 298 g/mol. The van der Waals surface area contributed by atoms with Crippen LogP contribution in [0.15, 0.2) is 48.7 Å². The first-order valence-corrected chi connectivity index (χ1v) is 7.68. The van der Waals surface area contributed by atoms with Crippen LogP contribution < -0.4 is 4.90 Å². The summed E-state index contributed by atoms with van der Waals surface area (Å²) in [4.78, 5) is 4.55. The summed E-state index contributed by atoms with van der Waals surface area (Å²) in [5, 5.41) is 8.06. The summed E-state index contributed by atoms with van der Waals surface area (Å²) in [5.74, 6) is 0.881. The molecule has 0 saturated carbocycles. The number of benzene rings is 1. The van der Waals surface area contributed by atoms with Crippen molar-refractivity contribution in [1.82, 2.24) is 15.1 Å². The zero-order valence-corrected chi connectivity index (χ0v) is 12.9. The highest BCUT2D eigenvalue weighted by atomic mass is 16.5. The average Bonchev–Trinajstić information content (AvgIpc) is 2.57. The molecule has 116 valence electrons. The third-order valence-electron chi connectivity index (χ3n) is 3.90. The van der Waals surface area contributed by atoms with Crippen molar-refractivity contribution in [2.24, 2.45) is 0 Å². The highest BCUT2D eigenvalue weighted by Gasteiger charge is 2.22. The van der Waals surface area contributed by atoms with Gasteiger partial charge in [0.25, 0.3) is 0 Å². The number of rotatable bonds is 5. The first kappa shape index (κ1) is 14.9. The number of aromatic nitrogens is 2. The number of morpholine rings is 1. The van der Waals surface area contributed by atoms with Gasteiger partial charge in [0, 0.05) is 39.4 Å². The molecule has 2 aromatic rings. The molecule has 5 nitrogen and oxygen atoms in total. The van der Waals surface area contributed by atoms with Gasteiger partial charge in [0.05, 0.1) is 12.7 Å². The second-order valence-electron chi connectivity index (χ2n) is 5.68. The van der Waals surface area contributed by atoms with Gasteiger partial charge in [-0.1, -0.05) is 30.3 Å². The van der Waals surface area contributed by atoms with Gasteiger partial charge in [-0.05, 0) is 17.7 Å². The molecule has 1 aromatic carbocycles. The monoisotopic (exact) mass is 298 g/mol. The minimum atomic E-state index is 0.199. The topological polar surface area (TPSA) is 41.5 Å². The van der Waals surface area contributed by atoms with Crippen LogP contribution in [0.4, 0.5) is 5.82 Å². The summed E-state index contributed by atoms with van der Waals surface area (Å²) >= 11 is 0. The summed E-state index contributed by atoms with van der Waals surface area (Å²) in [6, 6.07) is 14.5. The molecular formula is C17H22N4O. The largest absolute Gasteiger partial charge is 0.374 e. The van der Waals surface area contributed by atoms with Crippen LogP contribution in [0.5, 0.6) is 0 Å². The summed E-state index contributed by atoms with van der Waals surface area (Å²) in [6.45, 7) is 4.52. The fourth-order valence-electron chi connectivity index (χ4n) is 2.77. The maximum atomic E-state index is 5.91. The number of likely N-dealkylation sites (N-methyl/N-ethyl adjacent to an activating group) is 1. The molecule has 0 N–H and O–H groups in total. The molecular weight excluding hydrogens is 276 g/mol. The van der Waals surface area contributed by atoms with Gasteiger partial charge in [-0.25, -0.2) is 0 Å². The molecule has 1 aliphatic rings. The lowest BCUT2D eigenvalue weighted by molar-refractivity contribution is -0.0264. The van der Waals surface area contributed by atoms with Crippen LogP contribution in [0.2, 0.25) is 0 Å². The Morgan fingerprint density at radius 3 is 2.86 bits per heavy atom. The number of nitrogens with zero attached hydrogens (tertiary/aromatic N) is 4. The Labute approximate surface area is 131 Å². The standard InChI is InChI=1S/C17H22N4O/c1-20(17-8-5-9-18-19-17)13-16-14-21(10-11-22-16)12-15-6-3-2-4-7-15/h2-9,16H,10-14H2,1H3/t16-/m0/s1. The van der Waals surface area contributed by atoms with E-state index in [1.54, 1.807) is 6.20 Å². The van der Waals surface area contributed by atoms with Crippen LogP contribution >= 0.6 is 0 Å². The van der Waals surface area contributed by atoms with E-state index >= 15 is 0 Å². The molecule has 1 saturated heterocycles. The van der Waals surface area contributed by atoms with E-state index in [-0.39, 0.29) is 6.10 Å². The van der Waals surface area contributed by atoms with E-state index in [4.69, 9.17) is 4.74 Å². The number of anilines is 1. The van der Waals surface area contributed by atoms with E-state index in [9.17, 15) is 0 Å². The van der Waals surface area contributed by atoms with Crippen molar-refractivity contribution in [2.75, 3.05) is 38.2 Å². The van der Waals surface area contributed by atoms with Crippen molar-refractivity contribution in [1.29, 1.82) is 0 Å². The van der Waals surface area contributed by atoms with Gasteiger partial charge in [-0.3, -0.25) is 4.90 Å². The van der Waals surface area contributed by atoms with Gasteiger partial charge in [0.2, 0.25) is 0 Å². The lowest BCUT2D eigenvalue weighted by Gasteiger charge is -2.35. The molecule has 22 heavy (non-hydrogen) atoms. The molecule has 0 spiro atoms. The molecule has 1 atom stereocenters. The fraction of sp³-hybridized carbons (Fsp3) is 0.412. The van der Waals surface area contributed by atoms with Gasteiger partial charge < -0.3 is 9.64 Å². The van der Waals surface area contributed by atoms with Crippen molar-refractivity contribution in [2.45, 2.75) is 12.6 Å².